The van der Waals surface area contributed by atoms with Crippen LogP contribution in [0, 0.1) is 0 Å². The van der Waals surface area contributed by atoms with E-state index in [4.69, 9.17) is 0 Å². The summed E-state index contributed by atoms with van der Waals surface area (Å²) in [4.78, 5) is 39.1. The number of para-hydroxylation sites is 1. The van der Waals surface area contributed by atoms with Crippen LogP contribution in [0.4, 0.5) is 5.69 Å². The van der Waals surface area contributed by atoms with E-state index in [1.54, 1.807) is 79.7 Å². The first kappa shape index (κ1) is 23.2. The summed E-state index contributed by atoms with van der Waals surface area (Å²) in [6, 6.07) is 19.7. The molecule has 34 heavy (non-hydrogen) atoms. The van der Waals surface area contributed by atoms with E-state index in [0.717, 1.165) is 6.26 Å². The molecule has 1 aliphatic heterocycles. The van der Waals surface area contributed by atoms with Crippen molar-refractivity contribution in [2.75, 3.05) is 11.0 Å². The third-order valence-corrected chi connectivity index (χ3v) is 6.10. The first-order chi connectivity index (χ1) is 16.1. The maximum atomic E-state index is 12.8. The van der Waals surface area contributed by atoms with Crippen LogP contribution in [0.5, 0.6) is 0 Å². The zero-order valence-electron chi connectivity index (χ0n) is 18.6. The number of carbonyl (C=O) groups is 3. The smallest absolute Gasteiger partial charge is 0.261 e. The first-order valence-corrected chi connectivity index (χ1v) is 12.4. The lowest BCUT2D eigenvalue weighted by Crippen LogP contribution is -2.29. The Hall–Kier alpha value is -3.98. The van der Waals surface area contributed by atoms with E-state index in [2.05, 4.69) is 10.0 Å². The van der Waals surface area contributed by atoms with Gasteiger partial charge in [0.2, 0.25) is 10.0 Å². The highest BCUT2D eigenvalue weighted by atomic mass is 32.2. The number of nitrogens with zero attached hydrogens (tertiary/aromatic N) is 1. The summed E-state index contributed by atoms with van der Waals surface area (Å²) in [5, 5.41) is 2.86. The molecule has 1 aliphatic rings. The third kappa shape index (κ3) is 4.84. The van der Waals surface area contributed by atoms with Gasteiger partial charge in [-0.05, 0) is 48.4 Å². The van der Waals surface area contributed by atoms with Gasteiger partial charge in [0.05, 0.1) is 35.7 Å². The molecule has 0 fully saturated rings. The Labute approximate surface area is 197 Å². The summed E-state index contributed by atoms with van der Waals surface area (Å²) in [6.45, 7) is 1.87. The van der Waals surface area contributed by atoms with E-state index in [1.807, 2.05) is 0 Å². The Morgan fingerprint density at radius 3 is 2.03 bits per heavy atom. The molecule has 1 heterocycles. The van der Waals surface area contributed by atoms with Crippen LogP contribution in [0.3, 0.4) is 0 Å². The second-order valence-electron chi connectivity index (χ2n) is 8.10. The Kier molecular flexibility index (Phi) is 6.21. The van der Waals surface area contributed by atoms with Gasteiger partial charge in [-0.1, -0.05) is 42.5 Å². The predicted octanol–water partition coefficient (Wildman–Crippen LogP) is 3.35. The van der Waals surface area contributed by atoms with Crippen LogP contribution in [0.1, 0.15) is 55.2 Å². The molecule has 174 valence electrons. The van der Waals surface area contributed by atoms with Crippen molar-refractivity contribution in [3.63, 3.8) is 0 Å². The molecule has 1 unspecified atom stereocenters. The number of anilines is 1. The second kappa shape index (κ2) is 9.11. The SMILES string of the molecule is CC(NC(=O)c1ccc(CN2C(=O)c3ccccc3C2=O)cc1)c1ccccc1NS(C)(=O)=O. The minimum absolute atomic E-state index is 0.106. The van der Waals surface area contributed by atoms with Crippen molar-refractivity contribution in [3.8, 4) is 0 Å². The molecule has 0 aliphatic carbocycles. The number of sulfonamides is 1. The average molecular weight is 478 g/mol. The Morgan fingerprint density at radius 1 is 0.882 bits per heavy atom. The molecule has 3 amide bonds. The molecule has 2 N–H and O–H groups in total. The zero-order valence-corrected chi connectivity index (χ0v) is 19.4. The van der Waals surface area contributed by atoms with Crippen LogP contribution in [-0.2, 0) is 16.6 Å². The molecular formula is C25H23N3O5S. The number of amides is 3. The van der Waals surface area contributed by atoms with Crippen molar-refractivity contribution in [1.29, 1.82) is 0 Å². The van der Waals surface area contributed by atoms with Crippen LogP contribution in [0.25, 0.3) is 0 Å². The van der Waals surface area contributed by atoms with Crippen LogP contribution >= 0.6 is 0 Å². The van der Waals surface area contributed by atoms with Gasteiger partial charge in [-0.3, -0.25) is 24.0 Å². The highest BCUT2D eigenvalue weighted by molar-refractivity contribution is 7.92. The van der Waals surface area contributed by atoms with E-state index in [9.17, 15) is 22.8 Å². The van der Waals surface area contributed by atoms with Crippen molar-refractivity contribution in [3.05, 3.63) is 101 Å². The fourth-order valence-corrected chi connectivity index (χ4v) is 4.44. The van der Waals surface area contributed by atoms with E-state index in [0.29, 0.717) is 33.5 Å². The van der Waals surface area contributed by atoms with Gasteiger partial charge in [-0.2, -0.15) is 0 Å². The molecule has 1 atom stereocenters. The molecule has 0 aromatic heterocycles. The molecule has 3 aromatic carbocycles. The number of benzene rings is 3. The summed E-state index contributed by atoms with van der Waals surface area (Å²) in [7, 11) is -3.47. The number of hydrogen-bond acceptors (Lipinski definition) is 5. The quantitative estimate of drug-likeness (QED) is 0.507. The fourth-order valence-electron chi connectivity index (χ4n) is 3.85. The van der Waals surface area contributed by atoms with Gasteiger partial charge in [-0.25, -0.2) is 8.42 Å². The normalized spacial score (nSPS) is 14.0. The number of rotatable bonds is 7. The van der Waals surface area contributed by atoms with Gasteiger partial charge in [-0.15, -0.1) is 0 Å². The number of hydrogen-bond donors (Lipinski definition) is 2. The maximum Gasteiger partial charge on any atom is 0.261 e. The van der Waals surface area contributed by atoms with Crippen molar-refractivity contribution in [2.45, 2.75) is 19.5 Å². The monoisotopic (exact) mass is 477 g/mol. The zero-order chi connectivity index (χ0) is 24.5. The molecule has 0 bridgehead atoms. The molecule has 9 heteroatoms. The summed E-state index contributed by atoms with van der Waals surface area (Å²) >= 11 is 0. The molecule has 0 saturated carbocycles. The number of carbonyl (C=O) groups excluding carboxylic acids is 3. The minimum atomic E-state index is -3.47. The standard InChI is InChI=1S/C25H23N3O5S/c1-16(19-7-5-6-10-22(19)27-34(2,32)33)26-23(29)18-13-11-17(12-14-18)15-28-24(30)20-8-3-4-9-21(20)25(28)31/h3-14,16,27H,15H2,1-2H3,(H,26,29). The molecule has 3 aromatic rings. The first-order valence-electron chi connectivity index (χ1n) is 10.6. The lowest BCUT2D eigenvalue weighted by atomic mass is 10.1. The van der Waals surface area contributed by atoms with Crippen molar-refractivity contribution in [2.24, 2.45) is 0 Å². The second-order valence-corrected chi connectivity index (χ2v) is 9.84. The molecule has 0 spiro atoms. The van der Waals surface area contributed by atoms with Crippen LogP contribution < -0.4 is 10.0 Å². The summed E-state index contributed by atoms with van der Waals surface area (Å²) in [6.07, 6.45) is 1.07. The van der Waals surface area contributed by atoms with E-state index >= 15 is 0 Å². The molecular weight excluding hydrogens is 454 g/mol. The summed E-state index contributed by atoms with van der Waals surface area (Å²) < 4.78 is 25.7. The fraction of sp³-hybridized carbons (Fsp3) is 0.160. The van der Waals surface area contributed by atoms with E-state index in [-0.39, 0.29) is 24.3 Å². The van der Waals surface area contributed by atoms with Crippen LogP contribution in [-0.4, -0.2) is 37.3 Å². The summed E-state index contributed by atoms with van der Waals surface area (Å²) in [5.41, 5.74) is 2.91. The lowest BCUT2D eigenvalue weighted by molar-refractivity contribution is 0.0641. The number of nitrogens with one attached hydrogen (secondary N) is 2. The Morgan fingerprint density at radius 2 is 1.44 bits per heavy atom. The van der Waals surface area contributed by atoms with Crippen molar-refractivity contribution >= 4 is 33.4 Å². The van der Waals surface area contributed by atoms with E-state index < -0.39 is 16.1 Å². The van der Waals surface area contributed by atoms with Gasteiger partial charge in [0.15, 0.2) is 0 Å². The number of imide groups is 1. The van der Waals surface area contributed by atoms with Gasteiger partial charge in [0.1, 0.15) is 0 Å². The largest absolute Gasteiger partial charge is 0.345 e. The molecule has 4 rings (SSSR count). The highest BCUT2D eigenvalue weighted by Crippen LogP contribution is 2.25. The third-order valence-electron chi connectivity index (χ3n) is 5.51. The van der Waals surface area contributed by atoms with Gasteiger partial charge < -0.3 is 5.32 Å². The summed E-state index contributed by atoms with van der Waals surface area (Å²) in [5.74, 6) is -1.01. The van der Waals surface area contributed by atoms with Gasteiger partial charge >= 0.3 is 0 Å². The highest BCUT2D eigenvalue weighted by Gasteiger charge is 2.34. The Bertz CT molecular complexity index is 1350. The number of fused-ring (bicyclic) bond motifs is 1. The average Bonchev–Trinajstić information content (AvgIpc) is 3.04. The lowest BCUT2D eigenvalue weighted by Gasteiger charge is -2.19. The maximum absolute atomic E-state index is 12.8. The van der Waals surface area contributed by atoms with Gasteiger partial charge in [0.25, 0.3) is 17.7 Å². The van der Waals surface area contributed by atoms with Gasteiger partial charge in [0, 0.05) is 5.56 Å². The Balaban J connectivity index is 1.44. The van der Waals surface area contributed by atoms with E-state index in [1.165, 1.54) is 4.90 Å². The topological polar surface area (TPSA) is 113 Å². The predicted molar refractivity (Wildman–Crippen MR) is 128 cm³/mol. The van der Waals surface area contributed by atoms with Crippen LogP contribution in [0.2, 0.25) is 0 Å². The van der Waals surface area contributed by atoms with Crippen molar-refractivity contribution < 1.29 is 22.8 Å². The molecule has 0 saturated heterocycles. The van der Waals surface area contributed by atoms with Crippen LogP contribution in [0.15, 0.2) is 72.8 Å². The molecule has 8 nitrogen and oxygen atoms in total. The molecule has 0 radical (unpaired) electrons. The van der Waals surface area contributed by atoms with Crippen molar-refractivity contribution in [1.82, 2.24) is 10.2 Å². The minimum Gasteiger partial charge on any atom is -0.345 e.